The Morgan fingerprint density at radius 3 is 2.21 bits per heavy atom. The standard InChI is InChI=1S/C17H10F3NOS2/c18-17(19,20)12-8-6-11(7-9-12)10-14-15(22)21(16(23)24-14)13-4-2-1-3-5-13/h1-10H. The van der Waals surface area contributed by atoms with Crippen molar-refractivity contribution in [2.45, 2.75) is 6.18 Å². The molecule has 0 unspecified atom stereocenters. The molecule has 1 amide bonds. The maximum absolute atomic E-state index is 12.6. The fourth-order valence-corrected chi connectivity index (χ4v) is 3.49. The van der Waals surface area contributed by atoms with E-state index >= 15 is 0 Å². The van der Waals surface area contributed by atoms with Gasteiger partial charge in [-0.05, 0) is 35.9 Å². The van der Waals surface area contributed by atoms with E-state index in [1.165, 1.54) is 17.0 Å². The summed E-state index contributed by atoms with van der Waals surface area (Å²) in [7, 11) is 0. The lowest BCUT2D eigenvalue weighted by molar-refractivity contribution is -0.137. The van der Waals surface area contributed by atoms with Gasteiger partial charge in [0.05, 0.1) is 16.2 Å². The third kappa shape index (κ3) is 3.37. The van der Waals surface area contributed by atoms with Crippen molar-refractivity contribution < 1.29 is 18.0 Å². The van der Waals surface area contributed by atoms with Gasteiger partial charge in [-0.3, -0.25) is 9.69 Å². The Hall–Kier alpha value is -2.12. The summed E-state index contributed by atoms with van der Waals surface area (Å²) in [5.74, 6) is -0.281. The molecule has 0 radical (unpaired) electrons. The van der Waals surface area contributed by atoms with Crippen molar-refractivity contribution in [2.24, 2.45) is 0 Å². The third-order valence-corrected chi connectivity index (χ3v) is 4.65. The van der Waals surface area contributed by atoms with Crippen LogP contribution in [0.25, 0.3) is 6.08 Å². The minimum Gasteiger partial charge on any atom is -0.268 e. The average Bonchev–Trinajstić information content (AvgIpc) is 2.82. The number of carbonyl (C=O) groups excluding carboxylic acids is 1. The smallest absolute Gasteiger partial charge is 0.268 e. The number of rotatable bonds is 2. The first-order valence-corrected chi connectivity index (χ1v) is 8.09. The van der Waals surface area contributed by atoms with Gasteiger partial charge in [0.25, 0.3) is 5.91 Å². The number of para-hydroxylation sites is 1. The van der Waals surface area contributed by atoms with Crippen LogP contribution in [-0.2, 0) is 11.0 Å². The molecule has 0 spiro atoms. The first-order valence-electron chi connectivity index (χ1n) is 6.86. The Bertz CT molecular complexity index is 814. The van der Waals surface area contributed by atoms with Gasteiger partial charge in [-0.2, -0.15) is 13.2 Å². The molecular weight excluding hydrogens is 355 g/mol. The molecule has 1 saturated heterocycles. The quantitative estimate of drug-likeness (QED) is 0.545. The first kappa shape index (κ1) is 16.7. The first-order chi connectivity index (χ1) is 11.4. The highest BCUT2D eigenvalue weighted by molar-refractivity contribution is 8.27. The zero-order chi connectivity index (χ0) is 17.3. The van der Waals surface area contributed by atoms with Crippen LogP contribution in [0.5, 0.6) is 0 Å². The second-order valence-corrected chi connectivity index (χ2v) is 6.65. The van der Waals surface area contributed by atoms with E-state index in [9.17, 15) is 18.0 Å². The van der Waals surface area contributed by atoms with Gasteiger partial charge in [0.2, 0.25) is 0 Å². The SMILES string of the molecule is O=C1C(=Cc2ccc(C(F)(F)F)cc2)SC(=S)N1c1ccccc1. The largest absolute Gasteiger partial charge is 0.416 e. The van der Waals surface area contributed by atoms with Crippen molar-refractivity contribution in [3.8, 4) is 0 Å². The number of carbonyl (C=O) groups is 1. The number of amides is 1. The van der Waals surface area contributed by atoms with Crippen molar-refractivity contribution >= 4 is 46.0 Å². The summed E-state index contributed by atoms with van der Waals surface area (Å²) in [5.41, 5.74) is 0.448. The Kier molecular flexibility index (Phi) is 4.47. The number of alkyl halides is 3. The fourth-order valence-electron chi connectivity index (χ4n) is 2.19. The number of anilines is 1. The summed E-state index contributed by atoms with van der Waals surface area (Å²) in [6, 6.07) is 13.6. The normalized spacial score (nSPS) is 17.0. The molecular formula is C17H10F3NOS2. The molecule has 24 heavy (non-hydrogen) atoms. The minimum atomic E-state index is -4.38. The monoisotopic (exact) mass is 365 g/mol. The lowest BCUT2D eigenvalue weighted by Crippen LogP contribution is -2.27. The summed E-state index contributed by atoms with van der Waals surface area (Å²) in [6.45, 7) is 0. The zero-order valence-electron chi connectivity index (χ0n) is 12.1. The second kappa shape index (κ2) is 6.41. The van der Waals surface area contributed by atoms with Crippen LogP contribution in [0.2, 0.25) is 0 Å². The Balaban J connectivity index is 1.87. The van der Waals surface area contributed by atoms with E-state index < -0.39 is 11.7 Å². The molecule has 0 aliphatic carbocycles. The van der Waals surface area contributed by atoms with E-state index in [0.29, 0.717) is 20.5 Å². The molecule has 1 fully saturated rings. The van der Waals surface area contributed by atoms with Crippen molar-refractivity contribution in [1.29, 1.82) is 0 Å². The van der Waals surface area contributed by atoms with Gasteiger partial charge >= 0.3 is 6.18 Å². The number of hydrogen-bond acceptors (Lipinski definition) is 3. The van der Waals surface area contributed by atoms with E-state index in [2.05, 4.69) is 0 Å². The topological polar surface area (TPSA) is 20.3 Å². The summed E-state index contributed by atoms with van der Waals surface area (Å²) in [5, 5.41) is 0. The fraction of sp³-hybridized carbons (Fsp3) is 0.0588. The van der Waals surface area contributed by atoms with Gasteiger partial charge in [-0.15, -0.1) is 0 Å². The maximum Gasteiger partial charge on any atom is 0.416 e. The van der Waals surface area contributed by atoms with Crippen LogP contribution in [0.4, 0.5) is 18.9 Å². The molecule has 1 heterocycles. The molecule has 3 rings (SSSR count). The number of thioether (sulfide) groups is 1. The Labute approximate surface area is 146 Å². The summed E-state index contributed by atoms with van der Waals surface area (Å²) in [4.78, 5) is 14.3. The Morgan fingerprint density at radius 2 is 1.62 bits per heavy atom. The van der Waals surface area contributed by atoms with Crippen molar-refractivity contribution in [1.82, 2.24) is 0 Å². The molecule has 0 atom stereocenters. The molecule has 0 saturated carbocycles. The van der Waals surface area contributed by atoms with Crippen molar-refractivity contribution in [2.75, 3.05) is 4.90 Å². The summed E-state index contributed by atoms with van der Waals surface area (Å²) < 4.78 is 38.1. The van der Waals surface area contributed by atoms with E-state index in [1.54, 1.807) is 30.3 Å². The lowest BCUT2D eigenvalue weighted by Gasteiger charge is -2.13. The molecule has 2 nitrogen and oxygen atoms in total. The van der Waals surface area contributed by atoms with E-state index in [4.69, 9.17) is 12.2 Å². The van der Waals surface area contributed by atoms with Gasteiger partial charge in [-0.25, -0.2) is 0 Å². The molecule has 0 bridgehead atoms. The molecule has 122 valence electrons. The van der Waals surface area contributed by atoms with Crippen LogP contribution in [0.15, 0.2) is 59.5 Å². The Morgan fingerprint density at radius 1 is 1.00 bits per heavy atom. The molecule has 0 N–H and O–H groups in total. The summed E-state index contributed by atoms with van der Waals surface area (Å²) >= 11 is 6.37. The number of hydrogen-bond donors (Lipinski definition) is 0. The predicted molar refractivity (Wildman–Crippen MR) is 93.5 cm³/mol. The van der Waals surface area contributed by atoms with Gasteiger partial charge in [0.15, 0.2) is 4.32 Å². The lowest BCUT2D eigenvalue weighted by atomic mass is 10.1. The van der Waals surface area contributed by atoms with Crippen LogP contribution in [-0.4, -0.2) is 10.2 Å². The number of nitrogens with zero attached hydrogens (tertiary/aromatic N) is 1. The highest BCUT2D eigenvalue weighted by Crippen LogP contribution is 2.36. The van der Waals surface area contributed by atoms with Crippen LogP contribution in [0.1, 0.15) is 11.1 Å². The molecule has 2 aromatic rings. The van der Waals surface area contributed by atoms with Gasteiger partial charge < -0.3 is 0 Å². The molecule has 1 aliphatic heterocycles. The van der Waals surface area contributed by atoms with Gasteiger partial charge in [0.1, 0.15) is 0 Å². The molecule has 7 heteroatoms. The van der Waals surface area contributed by atoms with Crippen LogP contribution >= 0.6 is 24.0 Å². The number of benzene rings is 2. The van der Waals surface area contributed by atoms with Crippen molar-refractivity contribution in [3.63, 3.8) is 0 Å². The van der Waals surface area contributed by atoms with Crippen LogP contribution in [0, 0.1) is 0 Å². The summed E-state index contributed by atoms with van der Waals surface area (Å²) in [6.07, 6.45) is -2.84. The minimum absolute atomic E-state index is 0.281. The highest BCUT2D eigenvalue weighted by atomic mass is 32.2. The number of thiocarbonyl (C=S) groups is 1. The van der Waals surface area contributed by atoms with Crippen LogP contribution in [0.3, 0.4) is 0 Å². The van der Waals surface area contributed by atoms with E-state index in [-0.39, 0.29) is 5.91 Å². The molecule has 2 aromatic carbocycles. The zero-order valence-corrected chi connectivity index (χ0v) is 13.7. The predicted octanol–water partition coefficient (Wildman–Crippen LogP) is 5.11. The molecule has 0 aromatic heterocycles. The van der Waals surface area contributed by atoms with Crippen LogP contribution < -0.4 is 4.90 Å². The van der Waals surface area contributed by atoms with E-state index in [1.807, 2.05) is 6.07 Å². The van der Waals surface area contributed by atoms with Gasteiger partial charge in [0, 0.05) is 0 Å². The highest BCUT2D eigenvalue weighted by Gasteiger charge is 2.33. The number of halogens is 3. The average molecular weight is 365 g/mol. The van der Waals surface area contributed by atoms with Gasteiger partial charge in [-0.1, -0.05) is 54.3 Å². The molecule has 1 aliphatic rings. The third-order valence-electron chi connectivity index (χ3n) is 3.34. The maximum atomic E-state index is 12.6. The van der Waals surface area contributed by atoms with Crippen molar-refractivity contribution in [3.05, 3.63) is 70.6 Å². The second-order valence-electron chi connectivity index (χ2n) is 4.97. The van der Waals surface area contributed by atoms with E-state index in [0.717, 1.165) is 23.9 Å².